The number of aromatic nitrogens is 2. The number of nitrogens with zero attached hydrogens (tertiary/aromatic N) is 1. The van der Waals surface area contributed by atoms with Gasteiger partial charge >= 0.3 is 11.7 Å². The van der Waals surface area contributed by atoms with Gasteiger partial charge in [0.1, 0.15) is 0 Å². The maximum Gasteiger partial charge on any atom is 0.329 e. The Morgan fingerprint density at radius 2 is 2.08 bits per heavy atom. The first-order chi connectivity index (χ1) is 12.2. The van der Waals surface area contributed by atoms with Crippen LogP contribution in [-0.2, 0) is 21.4 Å². The van der Waals surface area contributed by atoms with Crippen molar-refractivity contribution in [1.82, 2.24) is 14.3 Å². The summed E-state index contributed by atoms with van der Waals surface area (Å²) in [6, 6.07) is 3.73. The third-order valence-electron chi connectivity index (χ3n) is 3.52. The first kappa shape index (κ1) is 19.2. The van der Waals surface area contributed by atoms with Crippen LogP contribution in [0.15, 0.2) is 57.1 Å². The molecule has 9 nitrogen and oxygen atoms in total. The molecule has 0 fully saturated rings. The van der Waals surface area contributed by atoms with Crippen molar-refractivity contribution in [3.05, 3.63) is 63.5 Å². The van der Waals surface area contributed by atoms with E-state index in [9.17, 15) is 22.8 Å². The third-order valence-corrected chi connectivity index (χ3v) is 4.95. The molecule has 1 aromatic carbocycles. The van der Waals surface area contributed by atoms with E-state index in [0.717, 1.165) is 22.8 Å². The van der Waals surface area contributed by atoms with Gasteiger partial charge in [-0.25, -0.2) is 18.0 Å². The molecule has 2 rings (SSSR count). The van der Waals surface area contributed by atoms with Crippen molar-refractivity contribution in [1.29, 1.82) is 0 Å². The number of hydrogen-bond acceptors (Lipinski definition) is 5. The van der Waals surface area contributed by atoms with Gasteiger partial charge < -0.3 is 10.1 Å². The monoisotopic (exact) mass is 379 g/mol. The third kappa shape index (κ3) is 4.09. The fourth-order valence-electron chi connectivity index (χ4n) is 2.14. The van der Waals surface area contributed by atoms with Crippen LogP contribution in [0, 0.1) is 0 Å². The molecule has 10 heteroatoms. The molecule has 3 N–H and O–H groups in total. The van der Waals surface area contributed by atoms with E-state index in [1.807, 2.05) is 0 Å². The second-order valence-electron chi connectivity index (χ2n) is 5.36. The minimum absolute atomic E-state index is 0.0155. The molecule has 2 aromatic rings. The molecule has 0 bridgehead atoms. The standard InChI is InChI=1S/C16H17N3O6S/c1-3-10(2)18-26(24,25)11-6-7-13-12(9-11)15(22)19(16(23)17-13)8-4-5-14(20)21/h4-7,9,18H,2-3,8H2,1H3,(H,17,23)(H,20,21)/b5-4+. The van der Waals surface area contributed by atoms with Gasteiger partial charge in [0, 0.05) is 18.3 Å². The van der Waals surface area contributed by atoms with Crippen LogP contribution in [0.4, 0.5) is 0 Å². The van der Waals surface area contributed by atoms with E-state index in [2.05, 4.69) is 16.3 Å². The summed E-state index contributed by atoms with van der Waals surface area (Å²) in [4.78, 5) is 37.3. The van der Waals surface area contributed by atoms with Gasteiger partial charge in [0.15, 0.2) is 0 Å². The van der Waals surface area contributed by atoms with Crippen LogP contribution >= 0.6 is 0 Å². The summed E-state index contributed by atoms with van der Waals surface area (Å²) >= 11 is 0. The van der Waals surface area contributed by atoms with Gasteiger partial charge in [-0.1, -0.05) is 19.6 Å². The van der Waals surface area contributed by atoms with Gasteiger partial charge in [-0.3, -0.25) is 14.1 Å². The molecule has 0 radical (unpaired) electrons. The predicted molar refractivity (Wildman–Crippen MR) is 95.4 cm³/mol. The number of allylic oxidation sites excluding steroid dienone is 2. The number of hydrogen-bond donors (Lipinski definition) is 3. The van der Waals surface area contributed by atoms with E-state index in [1.54, 1.807) is 6.92 Å². The highest BCUT2D eigenvalue weighted by atomic mass is 32.2. The number of fused-ring (bicyclic) bond motifs is 1. The van der Waals surface area contributed by atoms with Crippen molar-refractivity contribution in [2.45, 2.75) is 24.8 Å². The minimum Gasteiger partial charge on any atom is -0.478 e. The molecule has 0 aliphatic heterocycles. The number of aliphatic carboxylic acids is 1. The Kier molecular flexibility index (Phi) is 5.46. The number of carbonyl (C=O) groups is 1. The highest BCUT2D eigenvalue weighted by molar-refractivity contribution is 7.89. The molecule has 138 valence electrons. The SMILES string of the molecule is C=C(CC)NS(=O)(=O)c1ccc2[nH]c(=O)n(C/C=C/C(=O)O)c(=O)c2c1. The van der Waals surface area contributed by atoms with Gasteiger partial charge in [-0.05, 0) is 24.6 Å². The molecule has 0 aliphatic carbocycles. The fourth-order valence-corrected chi connectivity index (χ4v) is 3.31. The molecular formula is C16H17N3O6S. The van der Waals surface area contributed by atoms with Crippen LogP contribution in [0.3, 0.4) is 0 Å². The average molecular weight is 379 g/mol. The minimum atomic E-state index is -3.91. The molecule has 0 aliphatic rings. The van der Waals surface area contributed by atoms with E-state index in [-0.39, 0.29) is 22.3 Å². The predicted octanol–water partition coefficient (Wildman–Crippen LogP) is 0.533. The van der Waals surface area contributed by atoms with Gasteiger partial charge in [0.25, 0.3) is 15.6 Å². The summed E-state index contributed by atoms with van der Waals surface area (Å²) < 4.78 is 27.7. The van der Waals surface area contributed by atoms with Gasteiger partial charge in [-0.15, -0.1) is 0 Å². The first-order valence-electron chi connectivity index (χ1n) is 7.52. The summed E-state index contributed by atoms with van der Waals surface area (Å²) in [7, 11) is -3.91. The highest BCUT2D eigenvalue weighted by Gasteiger charge is 2.16. The van der Waals surface area contributed by atoms with Crippen molar-refractivity contribution < 1.29 is 18.3 Å². The first-order valence-corrected chi connectivity index (χ1v) is 9.01. The normalized spacial score (nSPS) is 11.7. The van der Waals surface area contributed by atoms with Gasteiger partial charge in [0.05, 0.1) is 15.8 Å². The maximum absolute atomic E-state index is 12.5. The molecule has 0 amide bonds. The Balaban J connectivity index is 2.58. The number of carboxylic acid groups (broad SMARTS) is 1. The summed E-state index contributed by atoms with van der Waals surface area (Å²) in [6.07, 6.45) is 2.35. The molecule has 1 aromatic heterocycles. The fraction of sp³-hybridized carbons (Fsp3) is 0.188. The van der Waals surface area contributed by atoms with Crippen molar-refractivity contribution in [3.8, 4) is 0 Å². The summed E-state index contributed by atoms with van der Waals surface area (Å²) in [5.41, 5.74) is -0.995. The van der Waals surface area contributed by atoms with E-state index in [4.69, 9.17) is 5.11 Å². The zero-order valence-electron chi connectivity index (χ0n) is 13.9. The molecule has 0 saturated carbocycles. The zero-order valence-corrected chi connectivity index (χ0v) is 14.7. The smallest absolute Gasteiger partial charge is 0.329 e. The number of sulfonamides is 1. The number of carboxylic acids is 1. The topological polar surface area (TPSA) is 138 Å². The van der Waals surface area contributed by atoms with Crippen LogP contribution < -0.4 is 16.0 Å². The lowest BCUT2D eigenvalue weighted by molar-refractivity contribution is -0.131. The number of rotatable bonds is 7. The molecule has 0 atom stereocenters. The van der Waals surface area contributed by atoms with Crippen LogP contribution in [0.1, 0.15) is 13.3 Å². The Hall–Kier alpha value is -3.14. The molecule has 0 spiro atoms. The van der Waals surface area contributed by atoms with E-state index < -0.39 is 27.2 Å². The maximum atomic E-state index is 12.5. The van der Waals surface area contributed by atoms with Crippen molar-refractivity contribution in [2.24, 2.45) is 0 Å². The number of nitrogens with one attached hydrogen (secondary N) is 2. The lowest BCUT2D eigenvalue weighted by Crippen LogP contribution is -2.34. The second-order valence-corrected chi connectivity index (χ2v) is 7.04. The largest absolute Gasteiger partial charge is 0.478 e. The molecule has 26 heavy (non-hydrogen) atoms. The molecule has 0 unspecified atom stereocenters. The van der Waals surface area contributed by atoms with Gasteiger partial charge in [0.2, 0.25) is 0 Å². The average Bonchev–Trinajstić information content (AvgIpc) is 2.56. The number of benzene rings is 1. The lowest BCUT2D eigenvalue weighted by atomic mass is 10.2. The quantitative estimate of drug-likeness (QED) is 0.600. The number of H-pyrrole nitrogens is 1. The van der Waals surface area contributed by atoms with E-state index in [0.29, 0.717) is 12.1 Å². The van der Waals surface area contributed by atoms with Crippen LogP contribution in [-0.4, -0.2) is 29.0 Å². The van der Waals surface area contributed by atoms with Crippen LogP contribution in [0.2, 0.25) is 0 Å². The summed E-state index contributed by atoms with van der Waals surface area (Å²) in [5.74, 6) is -1.22. The summed E-state index contributed by atoms with van der Waals surface area (Å²) in [6.45, 7) is 5.05. The molecular weight excluding hydrogens is 362 g/mol. The van der Waals surface area contributed by atoms with Crippen molar-refractivity contribution >= 4 is 26.9 Å². The second kappa shape index (κ2) is 7.40. The van der Waals surface area contributed by atoms with Crippen molar-refractivity contribution in [3.63, 3.8) is 0 Å². The van der Waals surface area contributed by atoms with E-state index >= 15 is 0 Å². The van der Waals surface area contributed by atoms with Crippen molar-refractivity contribution in [2.75, 3.05) is 0 Å². The molecule has 1 heterocycles. The lowest BCUT2D eigenvalue weighted by Gasteiger charge is -2.10. The van der Waals surface area contributed by atoms with Gasteiger partial charge in [-0.2, -0.15) is 0 Å². The Morgan fingerprint density at radius 3 is 2.69 bits per heavy atom. The molecule has 0 saturated heterocycles. The number of aromatic amines is 1. The van der Waals surface area contributed by atoms with E-state index in [1.165, 1.54) is 12.1 Å². The Bertz CT molecular complexity index is 1120. The van der Waals surface area contributed by atoms with Crippen LogP contribution in [0.5, 0.6) is 0 Å². The zero-order chi connectivity index (χ0) is 19.5. The summed E-state index contributed by atoms with van der Waals surface area (Å²) in [5, 5.41) is 8.56. The highest BCUT2D eigenvalue weighted by Crippen LogP contribution is 2.15. The van der Waals surface area contributed by atoms with Crippen LogP contribution in [0.25, 0.3) is 10.9 Å². The Labute approximate surface area is 148 Å². The Morgan fingerprint density at radius 1 is 1.38 bits per heavy atom.